The standard InChI is InChI=1S/C18H36N2O/c1-16(2)12-19-14-18(8-3-4-9-18)15-20-10-5-6-17(13-20)7-11-21/h16-17,19,21H,3-15H2,1-2H3. The minimum absolute atomic E-state index is 0.361. The summed E-state index contributed by atoms with van der Waals surface area (Å²) < 4.78 is 0. The predicted octanol–water partition coefficient (Wildman–Crippen LogP) is 2.89. The first-order valence-corrected chi connectivity index (χ1v) is 9.17. The van der Waals surface area contributed by atoms with E-state index in [-0.39, 0.29) is 0 Å². The SMILES string of the molecule is CC(C)CNCC1(CN2CCCC(CCO)C2)CCCC1. The van der Waals surface area contributed by atoms with Crippen molar-refractivity contribution in [1.29, 1.82) is 0 Å². The Labute approximate surface area is 131 Å². The van der Waals surface area contributed by atoms with Crippen molar-refractivity contribution in [1.82, 2.24) is 10.2 Å². The minimum Gasteiger partial charge on any atom is -0.396 e. The zero-order valence-corrected chi connectivity index (χ0v) is 14.2. The van der Waals surface area contributed by atoms with E-state index in [1.807, 2.05) is 0 Å². The molecule has 1 saturated heterocycles. The molecule has 1 unspecified atom stereocenters. The van der Waals surface area contributed by atoms with Crippen LogP contribution in [0, 0.1) is 17.3 Å². The lowest BCUT2D eigenvalue weighted by Gasteiger charge is -2.40. The third-order valence-electron chi connectivity index (χ3n) is 5.42. The van der Waals surface area contributed by atoms with Crippen LogP contribution in [0.3, 0.4) is 0 Å². The molecule has 3 heteroatoms. The number of aliphatic hydroxyl groups is 1. The Hall–Kier alpha value is -0.120. The molecule has 21 heavy (non-hydrogen) atoms. The van der Waals surface area contributed by atoms with Gasteiger partial charge in [-0.1, -0.05) is 26.7 Å². The van der Waals surface area contributed by atoms with Gasteiger partial charge in [-0.3, -0.25) is 0 Å². The first kappa shape index (κ1) is 17.2. The molecule has 124 valence electrons. The Morgan fingerprint density at radius 3 is 2.67 bits per heavy atom. The largest absolute Gasteiger partial charge is 0.396 e. The van der Waals surface area contributed by atoms with Gasteiger partial charge in [0, 0.05) is 26.2 Å². The van der Waals surface area contributed by atoms with Crippen LogP contribution in [0.25, 0.3) is 0 Å². The molecule has 0 spiro atoms. The number of aliphatic hydroxyl groups excluding tert-OH is 1. The van der Waals surface area contributed by atoms with E-state index in [0.717, 1.165) is 24.8 Å². The molecular weight excluding hydrogens is 260 g/mol. The van der Waals surface area contributed by atoms with E-state index in [0.29, 0.717) is 12.0 Å². The van der Waals surface area contributed by atoms with Crippen molar-refractivity contribution in [3.05, 3.63) is 0 Å². The van der Waals surface area contributed by atoms with Crippen molar-refractivity contribution in [3.63, 3.8) is 0 Å². The van der Waals surface area contributed by atoms with Crippen LogP contribution in [0.4, 0.5) is 0 Å². The minimum atomic E-state index is 0.361. The lowest BCUT2D eigenvalue weighted by atomic mass is 9.84. The fraction of sp³-hybridized carbons (Fsp3) is 1.00. The highest BCUT2D eigenvalue weighted by atomic mass is 16.3. The monoisotopic (exact) mass is 296 g/mol. The molecule has 0 radical (unpaired) electrons. The van der Waals surface area contributed by atoms with Gasteiger partial charge in [-0.05, 0) is 62.4 Å². The van der Waals surface area contributed by atoms with Crippen LogP contribution in [0.15, 0.2) is 0 Å². The molecule has 0 aromatic carbocycles. The van der Waals surface area contributed by atoms with Crippen LogP contribution in [0.1, 0.15) is 58.8 Å². The Morgan fingerprint density at radius 2 is 2.00 bits per heavy atom. The number of hydrogen-bond acceptors (Lipinski definition) is 3. The van der Waals surface area contributed by atoms with E-state index >= 15 is 0 Å². The third kappa shape index (κ3) is 5.54. The summed E-state index contributed by atoms with van der Waals surface area (Å²) in [6.07, 6.45) is 9.26. The van der Waals surface area contributed by atoms with Gasteiger partial charge in [0.25, 0.3) is 0 Å². The van der Waals surface area contributed by atoms with Crippen LogP contribution in [-0.4, -0.2) is 49.3 Å². The molecule has 2 rings (SSSR count). The summed E-state index contributed by atoms with van der Waals surface area (Å²) >= 11 is 0. The van der Waals surface area contributed by atoms with Gasteiger partial charge in [0.1, 0.15) is 0 Å². The van der Waals surface area contributed by atoms with E-state index < -0.39 is 0 Å². The smallest absolute Gasteiger partial charge is 0.0434 e. The molecule has 2 N–H and O–H groups in total. The van der Waals surface area contributed by atoms with Gasteiger partial charge in [0.15, 0.2) is 0 Å². The summed E-state index contributed by atoms with van der Waals surface area (Å²) in [5, 5.41) is 12.9. The topological polar surface area (TPSA) is 35.5 Å². The number of nitrogens with one attached hydrogen (secondary N) is 1. The number of piperidine rings is 1. The second-order valence-electron chi connectivity index (χ2n) is 7.99. The van der Waals surface area contributed by atoms with Crippen LogP contribution in [0.2, 0.25) is 0 Å². The molecule has 0 amide bonds. The molecule has 0 bridgehead atoms. The zero-order valence-electron chi connectivity index (χ0n) is 14.2. The molecule has 3 nitrogen and oxygen atoms in total. The van der Waals surface area contributed by atoms with Gasteiger partial charge in [-0.25, -0.2) is 0 Å². The third-order valence-corrected chi connectivity index (χ3v) is 5.42. The maximum absolute atomic E-state index is 9.18. The first-order chi connectivity index (χ1) is 10.1. The van der Waals surface area contributed by atoms with Crippen molar-refractivity contribution < 1.29 is 5.11 Å². The molecule has 2 aliphatic rings. The summed E-state index contributed by atoms with van der Waals surface area (Å²) in [5.41, 5.74) is 0.524. The van der Waals surface area contributed by atoms with Gasteiger partial charge in [-0.15, -0.1) is 0 Å². The molecule has 2 fully saturated rings. The van der Waals surface area contributed by atoms with Gasteiger partial charge < -0.3 is 15.3 Å². The number of hydrogen-bond donors (Lipinski definition) is 2. The van der Waals surface area contributed by atoms with Crippen molar-refractivity contribution >= 4 is 0 Å². The molecule has 1 aliphatic heterocycles. The summed E-state index contributed by atoms with van der Waals surface area (Å²) in [6, 6.07) is 0. The number of nitrogens with zero attached hydrogens (tertiary/aromatic N) is 1. The van der Waals surface area contributed by atoms with E-state index in [9.17, 15) is 5.11 Å². The van der Waals surface area contributed by atoms with Gasteiger partial charge in [0.2, 0.25) is 0 Å². The molecule has 0 aromatic rings. The van der Waals surface area contributed by atoms with Gasteiger partial charge in [-0.2, -0.15) is 0 Å². The molecule has 1 atom stereocenters. The maximum Gasteiger partial charge on any atom is 0.0434 e. The highest BCUT2D eigenvalue weighted by molar-refractivity contribution is 4.90. The first-order valence-electron chi connectivity index (χ1n) is 9.17. The van der Waals surface area contributed by atoms with Crippen molar-refractivity contribution in [2.75, 3.05) is 39.3 Å². The second kappa shape index (κ2) is 8.50. The highest BCUT2D eigenvalue weighted by Crippen LogP contribution is 2.39. The summed E-state index contributed by atoms with van der Waals surface area (Å²) in [4.78, 5) is 2.70. The van der Waals surface area contributed by atoms with Gasteiger partial charge >= 0.3 is 0 Å². The molecule has 1 aliphatic carbocycles. The Kier molecular flexibility index (Phi) is 6.97. The Bertz CT molecular complexity index is 285. The normalized spacial score (nSPS) is 26.6. The summed E-state index contributed by atoms with van der Waals surface area (Å²) in [7, 11) is 0. The summed E-state index contributed by atoms with van der Waals surface area (Å²) in [5.74, 6) is 1.47. The van der Waals surface area contributed by atoms with E-state index in [1.54, 1.807) is 0 Å². The highest BCUT2D eigenvalue weighted by Gasteiger charge is 2.36. The lowest BCUT2D eigenvalue weighted by Crippen LogP contribution is -2.46. The van der Waals surface area contributed by atoms with Crippen LogP contribution < -0.4 is 5.32 Å². The number of rotatable bonds is 8. The quantitative estimate of drug-likeness (QED) is 0.723. The lowest BCUT2D eigenvalue weighted by molar-refractivity contribution is 0.0928. The second-order valence-corrected chi connectivity index (χ2v) is 7.99. The average molecular weight is 296 g/mol. The molecular formula is C18H36N2O. The van der Waals surface area contributed by atoms with Crippen molar-refractivity contribution in [3.8, 4) is 0 Å². The van der Waals surface area contributed by atoms with Crippen molar-refractivity contribution in [2.24, 2.45) is 17.3 Å². The van der Waals surface area contributed by atoms with Crippen LogP contribution in [0.5, 0.6) is 0 Å². The summed E-state index contributed by atoms with van der Waals surface area (Å²) in [6.45, 7) is 11.1. The van der Waals surface area contributed by atoms with Crippen LogP contribution in [-0.2, 0) is 0 Å². The van der Waals surface area contributed by atoms with Gasteiger partial charge in [0.05, 0.1) is 0 Å². The maximum atomic E-state index is 9.18. The Balaban J connectivity index is 1.83. The average Bonchev–Trinajstić information content (AvgIpc) is 2.88. The fourth-order valence-corrected chi connectivity index (χ4v) is 4.33. The van der Waals surface area contributed by atoms with E-state index in [4.69, 9.17) is 0 Å². The Morgan fingerprint density at radius 1 is 1.24 bits per heavy atom. The predicted molar refractivity (Wildman–Crippen MR) is 89.5 cm³/mol. The van der Waals surface area contributed by atoms with Crippen molar-refractivity contribution in [2.45, 2.75) is 58.8 Å². The molecule has 0 aromatic heterocycles. The van der Waals surface area contributed by atoms with Crippen LogP contribution >= 0.6 is 0 Å². The molecule has 1 heterocycles. The van der Waals surface area contributed by atoms with E-state index in [1.165, 1.54) is 64.7 Å². The van der Waals surface area contributed by atoms with E-state index in [2.05, 4.69) is 24.1 Å². The molecule has 1 saturated carbocycles. The number of likely N-dealkylation sites (tertiary alicyclic amines) is 1. The fourth-order valence-electron chi connectivity index (χ4n) is 4.33. The zero-order chi connectivity index (χ0) is 15.1.